The van der Waals surface area contributed by atoms with Crippen LogP contribution in [0.25, 0.3) is 0 Å². The fourth-order valence-electron chi connectivity index (χ4n) is 2.81. The van der Waals surface area contributed by atoms with Crippen molar-refractivity contribution in [1.29, 1.82) is 0 Å². The summed E-state index contributed by atoms with van der Waals surface area (Å²) in [5.74, 6) is 0.340. The van der Waals surface area contributed by atoms with Gasteiger partial charge >= 0.3 is 0 Å². The van der Waals surface area contributed by atoms with E-state index in [1.54, 1.807) is 0 Å². The second-order valence-corrected chi connectivity index (χ2v) is 4.83. The van der Waals surface area contributed by atoms with Crippen molar-refractivity contribution in [3.05, 3.63) is 0 Å². The maximum absolute atomic E-state index is 8.51. The Kier molecular flexibility index (Phi) is 4.01. The smallest absolute Gasteiger partial charge is 0.140 e. The first-order valence-corrected chi connectivity index (χ1v) is 6.22. The molecule has 2 heterocycles. The topological polar surface area (TPSA) is 65.1 Å². The minimum Gasteiger partial charge on any atom is -0.409 e. The van der Waals surface area contributed by atoms with E-state index in [0.717, 1.165) is 25.7 Å². The fourth-order valence-corrected chi connectivity index (χ4v) is 2.81. The molecule has 92 valence electrons. The number of fused-ring (bicyclic) bond motifs is 1. The van der Waals surface area contributed by atoms with Crippen molar-refractivity contribution in [2.24, 2.45) is 10.9 Å². The maximum atomic E-state index is 8.51. The summed E-state index contributed by atoms with van der Waals surface area (Å²) in [5.41, 5.74) is 5.50. The lowest BCUT2D eigenvalue weighted by Gasteiger charge is -2.25. The largest absolute Gasteiger partial charge is 0.409 e. The van der Waals surface area contributed by atoms with Crippen LogP contribution >= 0.6 is 0 Å². The molecule has 1 atom stereocenters. The van der Waals surface area contributed by atoms with Gasteiger partial charge in [-0.3, -0.25) is 4.90 Å². The van der Waals surface area contributed by atoms with Gasteiger partial charge in [-0.2, -0.15) is 0 Å². The first kappa shape index (κ1) is 11.7. The molecule has 2 rings (SSSR count). The Balaban J connectivity index is 1.81. The zero-order valence-corrected chi connectivity index (χ0v) is 9.81. The molecule has 0 bridgehead atoms. The second-order valence-electron chi connectivity index (χ2n) is 4.83. The molecule has 2 aliphatic rings. The van der Waals surface area contributed by atoms with Gasteiger partial charge in [0.1, 0.15) is 5.84 Å². The highest BCUT2D eigenvalue weighted by atomic mass is 16.4. The van der Waals surface area contributed by atoms with Gasteiger partial charge in [0.25, 0.3) is 0 Å². The van der Waals surface area contributed by atoms with Crippen LogP contribution in [0.3, 0.4) is 0 Å². The molecule has 0 radical (unpaired) electrons. The maximum Gasteiger partial charge on any atom is 0.140 e. The Labute approximate surface area is 96.9 Å². The summed E-state index contributed by atoms with van der Waals surface area (Å²) in [6.45, 7) is 5.73. The third kappa shape index (κ3) is 2.86. The predicted molar refractivity (Wildman–Crippen MR) is 63.7 cm³/mol. The van der Waals surface area contributed by atoms with Crippen molar-refractivity contribution in [1.82, 2.24) is 9.80 Å². The molecular formula is C11H22N4O. The Morgan fingerprint density at radius 1 is 1.31 bits per heavy atom. The van der Waals surface area contributed by atoms with E-state index in [4.69, 9.17) is 10.9 Å². The predicted octanol–water partition coefficient (Wildman–Crippen LogP) is 0.293. The Morgan fingerprint density at radius 2 is 2.12 bits per heavy atom. The van der Waals surface area contributed by atoms with Gasteiger partial charge in [0.05, 0.1) is 0 Å². The minimum absolute atomic E-state index is 0.340. The lowest BCUT2D eigenvalue weighted by atomic mass is 10.2. The Morgan fingerprint density at radius 3 is 2.94 bits per heavy atom. The van der Waals surface area contributed by atoms with Gasteiger partial charge in [-0.1, -0.05) is 5.16 Å². The number of amidine groups is 1. The summed E-state index contributed by atoms with van der Waals surface area (Å²) in [5, 5.41) is 11.5. The zero-order chi connectivity index (χ0) is 11.4. The summed E-state index contributed by atoms with van der Waals surface area (Å²) in [7, 11) is 0. The van der Waals surface area contributed by atoms with Gasteiger partial charge < -0.3 is 15.8 Å². The van der Waals surface area contributed by atoms with Crippen molar-refractivity contribution < 1.29 is 5.21 Å². The van der Waals surface area contributed by atoms with E-state index in [2.05, 4.69) is 15.0 Å². The highest BCUT2D eigenvalue weighted by Gasteiger charge is 2.28. The molecule has 0 saturated carbocycles. The lowest BCUT2D eigenvalue weighted by Crippen LogP contribution is -2.37. The van der Waals surface area contributed by atoms with Crippen LogP contribution in [0.15, 0.2) is 5.16 Å². The van der Waals surface area contributed by atoms with Crippen LogP contribution in [0.4, 0.5) is 0 Å². The highest BCUT2D eigenvalue weighted by molar-refractivity contribution is 5.79. The lowest BCUT2D eigenvalue weighted by molar-refractivity contribution is 0.222. The number of oxime groups is 1. The molecule has 0 amide bonds. The van der Waals surface area contributed by atoms with E-state index in [1.165, 1.54) is 32.4 Å². The van der Waals surface area contributed by atoms with Crippen molar-refractivity contribution in [3.8, 4) is 0 Å². The van der Waals surface area contributed by atoms with Gasteiger partial charge in [0, 0.05) is 25.6 Å². The van der Waals surface area contributed by atoms with Gasteiger partial charge in [-0.25, -0.2) is 0 Å². The summed E-state index contributed by atoms with van der Waals surface area (Å²) >= 11 is 0. The van der Waals surface area contributed by atoms with Gasteiger partial charge in [-0.15, -0.1) is 0 Å². The summed E-state index contributed by atoms with van der Waals surface area (Å²) in [6.07, 6.45) is 4.59. The van der Waals surface area contributed by atoms with E-state index in [0.29, 0.717) is 12.3 Å². The summed E-state index contributed by atoms with van der Waals surface area (Å²) in [6, 6.07) is 0.745. The van der Waals surface area contributed by atoms with Crippen LogP contribution in [-0.4, -0.2) is 59.6 Å². The van der Waals surface area contributed by atoms with E-state index >= 15 is 0 Å². The molecule has 0 aromatic rings. The van der Waals surface area contributed by atoms with Gasteiger partial charge in [-0.05, 0) is 38.9 Å². The molecule has 2 saturated heterocycles. The van der Waals surface area contributed by atoms with Crippen molar-refractivity contribution in [2.75, 3.05) is 32.7 Å². The van der Waals surface area contributed by atoms with E-state index in [-0.39, 0.29) is 0 Å². The molecule has 0 spiro atoms. The molecule has 5 heteroatoms. The van der Waals surface area contributed by atoms with Crippen LogP contribution in [0.2, 0.25) is 0 Å². The van der Waals surface area contributed by atoms with Crippen LogP contribution < -0.4 is 5.73 Å². The van der Waals surface area contributed by atoms with Crippen molar-refractivity contribution >= 4 is 5.84 Å². The van der Waals surface area contributed by atoms with Crippen molar-refractivity contribution in [2.45, 2.75) is 31.7 Å². The minimum atomic E-state index is 0.340. The molecule has 0 aromatic heterocycles. The molecule has 0 aliphatic carbocycles. The molecule has 3 N–H and O–H groups in total. The molecule has 0 aromatic carbocycles. The third-order valence-electron chi connectivity index (χ3n) is 3.70. The number of hydrogen-bond donors (Lipinski definition) is 2. The average molecular weight is 226 g/mol. The van der Waals surface area contributed by atoms with Gasteiger partial charge in [0.2, 0.25) is 0 Å². The monoisotopic (exact) mass is 226 g/mol. The van der Waals surface area contributed by atoms with Crippen LogP contribution in [-0.2, 0) is 0 Å². The Bertz CT molecular complexity index is 256. The summed E-state index contributed by atoms with van der Waals surface area (Å²) < 4.78 is 0. The van der Waals surface area contributed by atoms with Crippen molar-refractivity contribution in [3.63, 3.8) is 0 Å². The molecule has 2 fully saturated rings. The molecule has 1 unspecified atom stereocenters. The fraction of sp³-hybridized carbons (Fsp3) is 0.909. The molecule has 16 heavy (non-hydrogen) atoms. The average Bonchev–Trinajstić information content (AvgIpc) is 2.64. The first-order valence-electron chi connectivity index (χ1n) is 6.22. The van der Waals surface area contributed by atoms with Crippen LogP contribution in [0.1, 0.15) is 25.7 Å². The van der Waals surface area contributed by atoms with E-state index in [9.17, 15) is 0 Å². The SMILES string of the molecule is NC(CCN1CCCN2CCCC2C1)=NO. The number of nitrogens with two attached hydrogens (primary N) is 1. The normalized spacial score (nSPS) is 29.0. The number of rotatable bonds is 3. The second kappa shape index (κ2) is 5.50. The first-order chi connectivity index (χ1) is 7.79. The third-order valence-corrected chi connectivity index (χ3v) is 3.70. The molecular weight excluding hydrogens is 204 g/mol. The number of hydrogen-bond acceptors (Lipinski definition) is 4. The van der Waals surface area contributed by atoms with Crippen LogP contribution in [0.5, 0.6) is 0 Å². The summed E-state index contributed by atoms with van der Waals surface area (Å²) in [4.78, 5) is 5.07. The zero-order valence-electron chi connectivity index (χ0n) is 9.81. The quantitative estimate of drug-likeness (QED) is 0.314. The molecule has 2 aliphatic heterocycles. The molecule has 5 nitrogen and oxygen atoms in total. The van der Waals surface area contributed by atoms with Crippen LogP contribution in [0, 0.1) is 0 Å². The standard InChI is InChI=1S/C11H22N4O/c12-11(13-16)4-8-14-5-2-7-15-6-1-3-10(15)9-14/h10,16H,1-9H2,(H2,12,13). The van der Waals surface area contributed by atoms with E-state index in [1.807, 2.05) is 0 Å². The van der Waals surface area contributed by atoms with Gasteiger partial charge in [0.15, 0.2) is 0 Å². The number of nitrogens with zero attached hydrogens (tertiary/aromatic N) is 3. The van der Waals surface area contributed by atoms with E-state index < -0.39 is 0 Å². The Hall–Kier alpha value is -0.810. The highest BCUT2D eigenvalue weighted by Crippen LogP contribution is 2.21.